The number of carboxylic acids is 1. The molecule has 0 radical (unpaired) electrons. The average Bonchev–Trinajstić information content (AvgIpc) is 2.91. The smallest absolute Gasteiger partial charge is 0.306 e. The summed E-state index contributed by atoms with van der Waals surface area (Å²) < 4.78 is 0. The number of hydrogen-bond donors (Lipinski definition) is 2. The first kappa shape index (κ1) is 14.5. The largest absolute Gasteiger partial charge is 0.481 e. The number of fused-ring (bicyclic) bond motifs is 2. The van der Waals surface area contributed by atoms with Crippen molar-refractivity contribution < 1.29 is 14.7 Å². The minimum absolute atomic E-state index is 0.206. The molecule has 2 rings (SSSR count). The first-order chi connectivity index (χ1) is 8.54. The molecule has 4 nitrogen and oxygen atoms in total. The van der Waals surface area contributed by atoms with Crippen LogP contribution in [0.3, 0.4) is 0 Å². The predicted octanol–water partition coefficient (Wildman–Crippen LogP) is 2.12. The molecule has 0 saturated carbocycles. The van der Waals surface area contributed by atoms with Crippen LogP contribution in [0.25, 0.3) is 0 Å². The fraction of sp³-hybridized carbons (Fsp3) is 0.571. The van der Waals surface area contributed by atoms with Gasteiger partial charge in [0.2, 0.25) is 5.91 Å². The molecule has 4 heteroatoms. The lowest BCUT2D eigenvalue weighted by Crippen LogP contribution is -2.26. The van der Waals surface area contributed by atoms with Gasteiger partial charge in [-0.05, 0) is 26.2 Å². The summed E-state index contributed by atoms with van der Waals surface area (Å²) in [4.78, 5) is 20.9. The van der Waals surface area contributed by atoms with Crippen molar-refractivity contribution >= 4 is 11.9 Å². The van der Waals surface area contributed by atoms with Gasteiger partial charge in [0.15, 0.2) is 0 Å². The van der Waals surface area contributed by atoms with Gasteiger partial charge in [0.25, 0.3) is 0 Å². The first-order valence-corrected chi connectivity index (χ1v) is 6.37. The van der Waals surface area contributed by atoms with Crippen LogP contribution < -0.4 is 5.32 Å². The van der Waals surface area contributed by atoms with Gasteiger partial charge in [-0.3, -0.25) is 9.59 Å². The molecule has 0 aromatic rings. The lowest BCUT2D eigenvalue weighted by Gasteiger charge is -2.01. The predicted molar refractivity (Wildman–Crippen MR) is 70.0 cm³/mol. The normalized spacial score (nSPS) is 25.8. The van der Waals surface area contributed by atoms with Crippen molar-refractivity contribution in [3.63, 3.8) is 0 Å². The van der Waals surface area contributed by atoms with Crippen molar-refractivity contribution in [2.75, 3.05) is 0 Å². The van der Waals surface area contributed by atoms with Crippen LogP contribution in [-0.2, 0) is 9.59 Å². The highest BCUT2D eigenvalue weighted by atomic mass is 16.4. The number of amides is 1. The second kappa shape index (κ2) is 6.99. The molecule has 0 spiro atoms. The third kappa shape index (κ3) is 4.35. The van der Waals surface area contributed by atoms with Crippen LogP contribution in [-0.4, -0.2) is 23.0 Å². The molecule has 1 saturated heterocycles. The molecule has 3 atom stereocenters. The van der Waals surface area contributed by atoms with Crippen LogP contribution in [0.5, 0.6) is 0 Å². The van der Waals surface area contributed by atoms with E-state index >= 15 is 0 Å². The molecule has 3 unspecified atom stereocenters. The lowest BCUT2D eigenvalue weighted by molar-refractivity contribution is -0.141. The summed E-state index contributed by atoms with van der Waals surface area (Å²) in [6.45, 7) is 3.66. The van der Waals surface area contributed by atoms with E-state index < -0.39 is 5.97 Å². The molecule has 100 valence electrons. The second-order valence-corrected chi connectivity index (χ2v) is 4.73. The molecule has 1 fully saturated rings. The minimum Gasteiger partial charge on any atom is -0.481 e. The topological polar surface area (TPSA) is 66.4 Å². The highest BCUT2D eigenvalue weighted by Crippen LogP contribution is 2.23. The number of carbonyl (C=O) groups is 2. The maximum Gasteiger partial charge on any atom is 0.306 e. The zero-order valence-corrected chi connectivity index (χ0v) is 10.9. The Kier molecular flexibility index (Phi) is 5.62. The fourth-order valence-electron chi connectivity index (χ4n) is 1.93. The number of allylic oxidation sites excluding steroid dienone is 2. The van der Waals surface area contributed by atoms with Gasteiger partial charge >= 0.3 is 5.97 Å². The Morgan fingerprint density at radius 1 is 1.61 bits per heavy atom. The lowest BCUT2D eigenvalue weighted by atomic mass is 10.1. The number of hydrogen-bond acceptors (Lipinski definition) is 2. The maximum absolute atomic E-state index is 10.7. The fourth-order valence-corrected chi connectivity index (χ4v) is 1.93. The Hall–Kier alpha value is -1.58. The Morgan fingerprint density at radius 3 is 2.67 bits per heavy atom. The van der Waals surface area contributed by atoms with E-state index in [0.717, 1.165) is 19.3 Å². The third-order valence-electron chi connectivity index (χ3n) is 3.17. The Morgan fingerprint density at radius 2 is 2.33 bits per heavy atom. The van der Waals surface area contributed by atoms with E-state index in [1.807, 2.05) is 25.2 Å². The van der Waals surface area contributed by atoms with E-state index in [-0.39, 0.29) is 17.7 Å². The van der Waals surface area contributed by atoms with Crippen LogP contribution >= 0.6 is 0 Å². The Balaban J connectivity index is 0.000000182. The van der Waals surface area contributed by atoms with Gasteiger partial charge in [-0.2, -0.15) is 0 Å². The molecule has 2 N–H and O–H groups in total. The van der Waals surface area contributed by atoms with Crippen molar-refractivity contribution in [1.82, 2.24) is 5.32 Å². The van der Waals surface area contributed by atoms with Crippen molar-refractivity contribution in [2.45, 2.75) is 39.2 Å². The standard InChI is InChI=1S/C8H14O2.C6H7NO/c1-3-4-5-6-7(2)8(9)10;8-6-4-1-2-5(3-4)7-6/h3-4,7H,5-6H2,1-2H3,(H,9,10);1-2,4-5H,3H2,(H,7,8). The van der Waals surface area contributed by atoms with E-state index in [2.05, 4.69) is 11.4 Å². The van der Waals surface area contributed by atoms with Crippen molar-refractivity contribution in [3.05, 3.63) is 24.3 Å². The van der Waals surface area contributed by atoms with E-state index in [0.29, 0.717) is 6.04 Å². The maximum atomic E-state index is 10.7. The SMILES string of the molecule is CC=CCCC(C)C(=O)O.O=C1NC2C=CC1C2. The summed E-state index contributed by atoms with van der Waals surface area (Å²) in [5.74, 6) is -0.502. The molecule has 0 aromatic heterocycles. The molecule has 18 heavy (non-hydrogen) atoms. The van der Waals surface area contributed by atoms with E-state index in [1.54, 1.807) is 6.92 Å². The third-order valence-corrected chi connectivity index (χ3v) is 3.17. The summed E-state index contributed by atoms with van der Waals surface area (Å²) in [7, 11) is 0. The van der Waals surface area contributed by atoms with Gasteiger partial charge < -0.3 is 10.4 Å². The Labute approximate surface area is 108 Å². The monoisotopic (exact) mass is 251 g/mol. The van der Waals surface area contributed by atoms with Crippen LogP contribution in [0.4, 0.5) is 0 Å². The number of nitrogens with one attached hydrogen (secondary N) is 1. The van der Waals surface area contributed by atoms with Gasteiger partial charge in [0, 0.05) is 6.04 Å². The molecule has 1 amide bonds. The average molecular weight is 251 g/mol. The summed E-state index contributed by atoms with van der Waals surface area (Å²) in [6, 6.07) is 0.368. The number of carboxylic acid groups (broad SMARTS) is 1. The molecule has 0 aromatic carbocycles. The van der Waals surface area contributed by atoms with Crippen molar-refractivity contribution in [2.24, 2.45) is 11.8 Å². The quantitative estimate of drug-likeness (QED) is 0.752. The van der Waals surface area contributed by atoms with Crippen LogP contribution in [0, 0.1) is 11.8 Å². The van der Waals surface area contributed by atoms with Crippen molar-refractivity contribution in [3.8, 4) is 0 Å². The van der Waals surface area contributed by atoms with Gasteiger partial charge in [-0.15, -0.1) is 0 Å². The number of aliphatic carboxylic acids is 1. The van der Waals surface area contributed by atoms with Crippen LogP contribution in [0.1, 0.15) is 33.1 Å². The van der Waals surface area contributed by atoms with Crippen LogP contribution in [0.2, 0.25) is 0 Å². The zero-order chi connectivity index (χ0) is 13.5. The highest BCUT2D eigenvalue weighted by molar-refractivity contribution is 5.84. The molecule has 2 aliphatic rings. The Bertz CT molecular complexity index is 360. The van der Waals surface area contributed by atoms with E-state index in [1.165, 1.54) is 0 Å². The molecule has 1 aliphatic carbocycles. The summed E-state index contributed by atoms with van der Waals surface area (Å²) in [6.07, 6.45) is 10.6. The molecule has 2 bridgehead atoms. The van der Waals surface area contributed by atoms with E-state index in [9.17, 15) is 9.59 Å². The summed E-state index contributed by atoms with van der Waals surface area (Å²) in [5.41, 5.74) is 0. The number of rotatable bonds is 4. The molecule has 1 aliphatic heterocycles. The van der Waals surface area contributed by atoms with Crippen LogP contribution in [0.15, 0.2) is 24.3 Å². The van der Waals surface area contributed by atoms with Gasteiger partial charge in [-0.1, -0.05) is 31.2 Å². The number of carbonyl (C=O) groups excluding carboxylic acids is 1. The first-order valence-electron chi connectivity index (χ1n) is 6.37. The minimum atomic E-state index is -0.704. The van der Waals surface area contributed by atoms with Crippen molar-refractivity contribution in [1.29, 1.82) is 0 Å². The summed E-state index contributed by atoms with van der Waals surface area (Å²) in [5, 5.41) is 11.3. The molecule has 1 heterocycles. The van der Waals surface area contributed by atoms with Gasteiger partial charge in [-0.25, -0.2) is 0 Å². The van der Waals surface area contributed by atoms with Gasteiger partial charge in [0.1, 0.15) is 0 Å². The summed E-state index contributed by atoms with van der Waals surface area (Å²) >= 11 is 0. The van der Waals surface area contributed by atoms with Gasteiger partial charge in [0.05, 0.1) is 11.8 Å². The highest BCUT2D eigenvalue weighted by Gasteiger charge is 2.32. The van der Waals surface area contributed by atoms with E-state index in [4.69, 9.17) is 5.11 Å². The second-order valence-electron chi connectivity index (χ2n) is 4.73. The molecular formula is C14H21NO3. The molecular weight excluding hydrogens is 230 g/mol. The zero-order valence-electron chi connectivity index (χ0n) is 10.9.